The van der Waals surface area contributed by atoms with Gasteiger partial charge < -0.3 is 4.90 Å². The third-order valence-electron chi connectivity index (χ3n) is 4.57. The van der Waals surface area contributed by atoms with E-state index in [1.54, 1.807) is 23.5 Å². The first-order chi connectivity index (χ1) is 11.7. The van der Waals surface area contributed by atoms with Crippen molar-refractivity contribution in [1.29, 1.82) is 0 Å². The van der Waals surface area contributed by atoms with Crippen LogP contribution in [0.5, 0.6) is 0 Å². The molecule has 2 aromatic carbocycles. The maximum Gasteiger partial charge on any atom is 0.263 e. The molecule has 0 N–H and O–H groups in total. The van der Waals surface area contributed by atoms with E-state index < -0.39 is 0 Å². The van der Waals surface area contributed by atoms with Gasteiger partial charge in [-0.15, -0.1) is 11.3 Å². The summed E-state index contributed by atoms with van der Waals surface area (Å²) in [5, 5.41) is 1.06. The van der Waals surface area contributed by atoms with Crippen LogP contribution in [-0.2, 0) is 0 Å². The third kappa shape index (κ3) is 2.82. The van der Waals surface area contributed by atoms with Crippen LogP contribution in [0.25, 0.3) is 21.2 Å². The van der Waals surface area contributed by atoms with E-state index >= 15 is 0 Å². The van der Waals surface area contributed by atoms with E-state index in [1.807, 2.05) is 29.2 Å². The zero-order chi connectivity index (χ0) is 16.5. The Balaban J connectivity index is 1.74. The number of piperidine rings is 1. The molecule has 0 unspecified atom stereocenters. The number of thiophene rings is 1. The fraction of sp³-hybridized carbons (Fsp3) is 0.250. The van der Waals surface area contributed by atoms with Gasteiger partial charge in [-0.2, -0.15) is 0 Å². The molecule has 0 bridgehead atoms. The summed E-state index contributed by atoms with van der Waals surface area (Å²) in [6.45, 7) is 1.72. The molecular weight excluding hydrogens is 321 g/mol. The number of fused-ring (bicyclic) bond motifs is 1. The standard InChI is InChI=1S/C20H18FNOS/c21-15-9-7-14(8-10-15)16-5-4-6-18-17(16)13-19(24-18)20(23)22-11-2-1-3-12-22/h4-10,13H,1-3,11-12H2. The van der Waals surface area contributed by atoms with Crippen molar-refractivity contribution >= 4 is 27.3 Å². The lowest BCUT2D eigenvalue weighted by Gasteiger charge is -2.26. The maximum absolute atomic E-state index is 13.2. The average Bonchev–Trinajstić information content (AvgIpc) is 3.07. The summed E-state index contributed by atoms with van der Waals surface area (Å²) in [5.74, 6) is -0.0989. The number of halogens is 1. The van der Waals surface area contributed by atoms with Crippen LogP contribution in [0.4, 0.5) is 4.39 Å². The minimum atomic E-state index is -0.239. The van der Waals surface area contributed by atoms with E-state index in [0.29, 0.717) is 0 Å². The first-order valence-corrected chi connectivity index (χ1v) is 9.12. The number of benzene rings is 2. The first-order valence-electron chi connectivity index (χ1n) is 8.30. The number of hydrogen-bond donors (Lipinski definition) is 0. The lowest BCUT2D eigenvalue weighted by atomic mass is 10.0. The van der Waals surface area contributed by atoms with Crippen LogP contribution in [0.2, 0.25) is 0 Å². The van der Waals surface area contributed by atoms with Gasteiger partial charge in [-0.1, -0.05) is 24.3 Å². The molecule has 1 amide bonds. The Morgan fingerprint density at radius 2 is 1.75 bits per heavy atom. The molecular formula is C20H18FNOS. The molecule has 2 heterocycles. The molecule has 1 aliphatic heterocycles. The highest BCUT2D eigenvalue weighted by Gasteiger charge is 2.20. The first kappa shape index (κ1) is 15.3. The fourth-order valence-corrected chi connectivity index (χ4v) is 4.36. The van der Waals surface area contributed by atoms with Crippen LogP contribution in [0.3, 0.4) is 0 Å². The monoisotopic (exact) mass is 339 g/mol. The SMILES string of the molecule is O=C(c1cc2c(-c3ccc(F)cc3)cccc2s1)N1CCCCC1. The molecule has 4 rings (SSSR count). The van der Waals surface area contributed by atoms with Gasteiger partial charge in [-0.25, -0.2) is 4.39 Å². The second kappa shape index (κ2) is 6.36. The van der Waals surface area contributed by atoms with Crippen molar-refractivity contribution in [3.8, 4) is 11.1 Å². The maximum atomic E-state index is 13.2. The molecule has 0 aliphatic carbocycles. The molecule has 1 aromatic heterocycles. The topological polar surface area (TPSA) is 20.3 Å². The molecule has 4 heteroatoms. The molecule has 2 nitrogen and oxygen atoms in total. The predicted octanol–water partition coefficient (Wildman–Crippen LogP) is 5.33. The van der Waals surface area contributed by atoms with Crippen molar-refractivity contribution in [3.63, 3.8) is 0 Å². The molecule has 0 saturated carbocycles. The molecule has 24 heavy (non-hydrogen) atoms. The van der Waals surface area contributed by atoms with Crippen LogP contribution in [0.15, 0.2) is 48.5 Å². The van der Waals surface area contributed by atoms with Crippen LogP contribution in [0.1, 0.15) is 28.9 Å². The highest BCUT2D eigenvalue weighted by atomic mass is 32.1. The number of hydrogen-bond acceptors (Lipinski definition) is 2. The molecule has 1 saturated heterocycles. The van der Waals surface area contributed by atoms with Gasteiger partial charge in [-0.3, -0.25) is 4.79 Å². The van der Waals surface area contributed by atoms with Gasteiger partial charge >= 0.3 is 0 Å². The van der Waals surface area contributed by atoms with Gasteiger partial charge in [0.15, 0.2) is 0 Å². The quantitative estimate of drug-likeness (QED) is 0.617. The van der Waals surface area contributed by atoms with Gasteiger partial charge in [0, 0.05) is 23.2 Å². The van der Waals surface area contributed by atoms with E-state index in [4.69, 9.17) is 0 Å². The summed E-state index contributed by atoms with van der Waals surface area (Å²) in [6.07, 6.45) is 3.40. The smallest absolute Gasteiger partial charge is 0.263 e. The molecule has 3 aromatic rings. The molecule has 0 atom stereocenters. The lowest BCUT2D eigenvalue weighted by molar-refractivity contribution is 0.0729. The van der Waals surface area contributed by atoms with Crippen LogP contribution >= 0.6 is 11.3 Å². The Hall–Kier alpha value is -2.20. The predicted molar refractivity (Wildman–Crippen MR) is 97.0 cm³/mol. The number of amides is 1. The average molecular weight is 339 g/mol. The number of carbonyl (C=O) groups is 1. The van der Waals surface area contributed by atoms with E-state index in [0.717, 1.165) is 52.0 Å². The zero-order valence-corrected chi connectivity index (χ0v) is 14.1. The number of likely N-dealkylation sites (tertiary alicyclic amines) is 1. The summed E-state index contributed by atoms with van der Waals surface area (Å²) in [7, 11) is 0. The summed E-state index contributed by atoms with van der Waals surface area (Å²) in [4.78, 5) is 15.5. The third-order valence-corrected chi connectivity index (χ3v) is 5.66. The van der Waals surface area contributed by atoms with Crippen molar-refractivity contribution in [3.05, 3.63) is 59.2 Å². The molecule has 122 valence electrons. The van der Waals surface area contributed by atoms with Crippen LogP contribution < -0.4 is 0 Å². The number of carbonyl (C=O) groups excluding carboxylic acids is 1. The fourth-order valence-electron chi connectivity index (χ4n) is 3.30. The zero-order valence-electron chi connectivity index (χ0n) is 13.3. The van der Waals surface area contributed by atoms with Crippen LogP contribution in [0, 0.1) is 5.82 Å². The molecule has 1 aliphatic rings. The van der Waals surface area contributed by atoms with Gasteiger partial charge in [-0.05, 0) is 54.7 Å². The van der Waals surface area contributed by atoms with Crippen molar-refractivity contribution in [2.24, 2.45) is 0 Å². The Bertz CT molecular complexity index is 878. The Morgan fingerprint density at radius 3 is 2.50 bits per heavy atom. The second-order valence-electron chi connectivity index (χ2n) is 6.19. The van der Waals surface area contributed by atoms with Gasteiger partial charge in [0.25, 0.3) is 5.91 Å². The summed E-state index contributed by atoms with van der Waals surface area (Å²) in [6, 6.07) is 14.6. The summed E-state index contributed by atoms with van der Waals surface area (Å²) < 4.78 is 14.3. The highest BCUT2D eigenvalue weighted by molar-refractivity contribution is 7.20. The van der Waals surface area contributed by atoms with E-state index in [1.165, 1.54) is 18.6 Å². The normalized spacial score (nSPS) is 15.0. The summed E-state index contributed by atoms with van der Waals surface area (Å²) in [5.41, 5.74) is 2.01. The minimum Gasteiger partial charge on any atom is -0.338 e. The Kier molecular flexibility index (Phi) is 4.07. The van der Waals surface area contributed by atoms with Gasteiger partial charge in [0.1, 0.15) is 5.82 Å². The molecule has 0 spiro atoms. The molecule has 0 radical (unpaired) electrons. The summed E-state index contributed by atoms with van der Waals surface area (Å²) >= 11 is 1.55. The van der Waals surface area contributed by atoms with Gasteiger partial charge in [0.05, 0.1) is 4.88 Å². The van der Waals surface area contributed by atoms with Crippen molar-refractivity contribution in [1.82, 2.24) is 4.90 Å². The number of rotatable bonds is 2. The van der Waals surface area contributed by atoms with E-state index in [-0.39, 0.29) is 11.7 Å². The Morgan fingerprint density at radius 1 is 1.00 bits per heavy atom. The number of nitrogens with zero attached hydrogens (tertiary/aromatic N) is 1. The van der Waals surface area contributed by atoms with Crippen molar-refractivity contribution in [2.75, 3.05) is 13.1 Å². The van der Waals surface area contributed by atoms with E-state index in [9.17, 15) is 9.18 Å². The minimum absolute atomic E-state index is 0.140. The molecule has 1 fully saturated rings. The lowest BCUT2D eigenvalue weighted by Crippen LogP contribution is -2.35. The second-order valence-corrected chi connectivity index (χ2v) is 7.27. The van der Waals surface area contributed by atoms with E-state index in [2.05, 4.69) is 0 Å². The van der Waals surface area contributed by atoms with Crippen LogP contribution in [-0.4, -0.2) is 23.9 Å². The Labute approximate surface area is 144 Å². The van der Waals surface area contributed by atoms with Crippen molar-refractivity contribution in [2.45, 2.75) is 19.3 Å². The van der Waals surface area contributed by atoms with Gasteiger partial charge in [0.2, 0.25) is 0 Å². The van der Waals surface area contributed by atoms with Crippen molar-refractivity contribution < 1.29 is 9.18 Å². The highest BCUT2D eigenvalue weighted by Crippen LogP contribution is 2.35. The largest absolute Gasteiger partial charge is 0.338 e.